The Bertz CT molecular complexity index is 846. The summed E-state index contributed by atoms with van der Waals surface area (Å²) in [4.78, 5) is 0. The summed E-state index contributed by atoms with van der Waals surface area (Å²) in [5, 5.41) is 17.6. The lowest BCUT2D eigenvalue weighted by molar-refractivity contribution is 0.277. The van der Waals surface area contributed by atoms with E-state index in [1.165, 1.54) is 6.07 Å². The summed E-state index contributed by atoms with van der Waals surface area (Å²) < 4.78 is 28.4. The maximum atomic E-state index is 13.6. The first-order chi connectivity index (χ1) is 11.2. The quantitative estimate of drug-likeness (QED) is 0.804. The van der Waals surface area contributed by atoms with Gasteiger partial charge in [0, 0.05) is 5.56 Å². The minimum Gasteiger partial charge on any atom is -0.390 e. The summed E-state index contributed by atoms with van der Waals surface area (Å²) in [6, 6.07) is 11.2. The molecule has 0 unspecified atom stereocenters. The Labute approximate surface area is 132 Å². The second-order valence-corrected chi connectivity index (χ2v) is 5.07. The molecule has 1 aromatic heterocycles. The number of aromatic nitrogens is 3. The van der Waals surface area contributed by atoms with Crippen LogP contribution in [0.3, 0.4) is 0 Å². The summed E-state index contributed by atoms with van der Waals surface area (Å²) in [6.07, 6.45) is 0.779. The molecule has 1 heterocycles. The van der Waals surface area contributed by atoms with Crippen molar-refractivity contribution in [3.05, 3.63) is 65.4 Å². The van der Waals surface area contributed by atoms with Crippen LogP contribution >= 0.6 is 0 Å². The number of rotatable bonds is 4. The Kier molecular flexibility index (Phi) is 4.16. The van der Waals surface area contributed by atoms with E-state index in [2.05, 4.69) is 10.3 Å². The summed E-state index contributed by atoms with van der Waals surface area (Å²) in [5.74, 6) is -1.88. The van der Waals surface area contributed by atoms with Gasteiger partial charge in [0.15, 0.2) is 11.6 Å². The van der Waals surface area contributed by atoms with Crippen LogP contribution in [0.25, 0.3) is 16.9 Å². The first kappa shape index (κ1) is 15.3. The van der Waals surface area contributed by atoms with Crippen molar-refractivity contribution in [2.75, 3.05) is 0 Å². The number of aliphatic hydroxyl groups excluding tert-OH is 1. The molecule has 3 aromatic rings. The zero-order valence-electron chi connectivity index (χ0n) is 12.5. The van der Waals surface area contributed by atoms with Crippen molar-refractivity contribution >= 4 is 0 Å². The van der Waals surface area contributed by atoms with Crippen molar-refractivity contribution in [3.8, 4) is 16.9 Å². The summed E-state index contributed by atoms with van der Waals surface area (Å²) in [7, 11) is 0. The Hall–Kier alpha value is -2.60. The Morgan fingerprint density at radius 3 is 2.57 bits per heavy atom. The molecule has 0 saturated carbocycles. The molecule has 0 radical (unpaired) electrons. The van der Waals surface area contributed by atoms with Crippen molar-refractivity contribution < 1.29 is 13.9 Å². The van der Waals surface area contributed by atoms with E-state index >= 15 is 0 Å². The van der Waals surface area contributed by atoms with Gasteiger partial charge in [-0.1, -0.05) is 30.3 Å². The molecule has 3 rings (SSSR count). The van der Waals surface area contributed by atoms with Crippen LogP contribution in [-0.2, 0) is 13.0 Å². The molecule has 0 atom stereocenters. The topological polar surface area (TPSA) is 50.9 Å². The molecule has 4 nitrogen and oxygen atoms in total. The fourth-order valence-electron chi connectivity index (χ4n) is 2.54. The molecule has 1 N–H and O–H groups in total. The SMILES string of the molecule is CCc1ccccc1-n1nnc(CO)c1-c1ccc(F)c(F)c1. The highest BCUT2D eigenvalue weighted by Crippen LogP contribution is 2.28. The van der Waals surface area contributed by atoms with E-state index in [0.717, 1.165) is 29.8 Å². The third kappa shape index (κ3) is 2.73. The molecule has 118 valence electrons. The highest BCUT2D eigenvalue weighted by molar-refractivity contribution is 5.65. The standard InChI is InChI=1S/C17H15F2N3O/c1-2-11-5-3-4-6-16(11)22-17(15(10-23)20-21-22)12-7-8-13(18)14(19)9-12/h3-9,23H,2,10H2,1H3. The van der Waals surface area contributed by atoms with Gasteiger partial charge in [-0.25, -0.2) is 13.5 Å². The van der Waals surface area contributed by atoms with Crippen LogP contribution in [0, 0.1) is 11.6 Å². The third-order valence-electron chi connectivity index (χ3n) is 3.68. The molecule has 6 heteroatoms. The van der Waals surface area contributed by atoms with Crippen LogP contribution in [0.4, 0.5) is 8.78 Å². The number of aliphatic hydroxyl groups is 1. The Morgan fingerprint density at radius 1 is 1.09 bits per heavy atom. The number of hydrogen-bond donors (Lipinski definition) is 1. The van der Waals surface area contributed by atoms with Crippen LogP contribution < -0.4 is 0 Å². The summed E-state index contributed by atoms with van der Waals surface area (Å²) in [6.45, 7) is 1.67. The van der Waals surface area contributed by atoms with Crippen molar-refractivity contribution in [2.45, 2.75) is 20.0 Å². The van der Waals surface area contributed by atoms with Gasteiger partial charge in [-0.3, -0.25) is 0 Å². The molecule has 0 aliphatic rings. The number of halogens is 2. The van der Waals surface area contributed by atoms with Crippen molar-refractivity contribution in [1.82, 2.24) is 15.0 Å². The summed E-state index contributed by atoms with van der Waals surface area (Å²) in [5.41, 5.74) is 2.99. The zero-order valence-corrected chi connectivity index (χ0v) is 12.5. The second-order valence-electron chi connectivity index (χ2n) is 5.07. The second kappa shape index (κ2) is 6.26. The monoisotopic (exact) mass is 315 g/mol. The van der Waals surface area contributed by atoms with Gasteiger partial charge in [0.2, 0.25) is 0 Å². The van der Waals surface area contributed by atoms with Crippen molar-refractivity contribution in [1.29, 1.82) is 0 Å². The molecule has 0 fully saturated rings. The van der Waals surface area contributed by atoms with Gasteiger partial charge >= 0.3 is 0 Å². The van der Waals surface area contributed by atoms with E-state index in [1.807, 2.05) is 31.2 Å². The van der Waals surface area contributed by atoms with Gasteiger partial charge in [-0.2, -0.15) is 0 Å². The first-order valence-corrected chi connectivity index (χ1v) is 7.24. The molecule has 0 spiro atoms. The van der Waals surface area contributed by atoms with E-state index in [4.69, 9.17) is 0 Å². The molecule has 0 bridgehead atoms. The average molecular weight is 315 g/mol. The van der Waals surface area contributed by atoms with Crippen molar-refractivity contribution in [2.24, 2.45) is 0 Å². The van der Waals surface area contributed by atoms with Crippen LogP contribution in [-0.4, -0.2) is 20.1 Å². The smallest absolute Gasteiger partial charge is 0.159 e. The average Bonchev–Trinajstić information content (AvgIpc) is 3.01. The van der Waals surface area contributed by atoms with E-state index in [-0.39, 0.29) is 6.61 Å². The molecule has 2 aromatic carbocycles. The predicted octanol–water partition coefficient (Wildman–Crippen LogP) is 3.27. The molecular formula is C17H15F2N3O. The van der Waals surface area contributed by atoms with Crippen molar-refractivity contribution in [3.63, 3.8) is 0 Å². The van der Waals surface area contributed by atoms with Crippen LogP contribution in [0.5, 0.6) is 0 Å². The van der Waals surface area contributed by atoms with E-state index < -0.39 is 11.6 Å². The molecule has 0 aliphatic carbocycles. The molecule has 23 heavy (non-hydrogen) atoms. The number of para-hydroxylation sites is 1. The minimum absolute atomic E-state index is 0.307. The summed E-state index contributed by atoms with van der Waals surface area (Å²) >= 11 is 0. The van der Waals surface area contributed by atoms with Gasteiger partial charge in [-0.05, 0) is 36.2 Å². The maximum absolute atomic E-state index is 13.6. The zero-order chi connectivity index (χ0) is 16.4. The van der Waals surface area contributed by atoms with Gasteiger partial charge < -0.3 is 5.11 Å². The molecule has 0 amide bonds. The first-order valence-electron chi connectivity index (χ1n) is 7.24. The van der Waals surface area contributed by atoms with E-state index in [9.17, 15) is 13.9 Å². The normalized spacial score (nSPS) is 11.0. The van der Waals surface area contributed by atoms with E-state index in [1.54, 1.807) is 4.68 Å². The maximum Gasteiger partial charge on any atom is 0.159 e. The minimum atomic E-state index is -0.956. The van der Waals surface area contributed by atoms with Gasteiger partial charge in [0.05, 0.1) is 12.3 Å². The number of hydrogen-bond acceptors (Lipinski definition) is 3. The number of aryl methyl sites for hydroxylation is 1. The molecule has 0 aliphatic heterocycles. The fraction of sp³-hybridized carbons (Fsp3) is 0.176. The number of benzene rings is 2. The van der Waals surface area contributed by atoms with Gasteiger partial charge in [0.1, 0.15) is 11.4 Å². The largest absolute Gasteiger partial charge is 0.390 e. The Morgan fingerprint density at radius 2 is 1.87 bits per heavy atom. The molecule has 0 saturated heterocycles. The fourth-order valence-corrected chi connectivity index (χ4v) is 2.54. The highest BCUT2D eigenvalue weighted by atomic mass is 19.2. The predicted molar refractivity (Wildman–Crippen MR) is 82.0 cm³/mol. The van der Waals surface area contributed by atoms with Gasteiger partial charge in [0.25, 0.3) is 0 Å². The van der Waals surface area contributed by atoms with E-state index in [0.29, 0.717) is 17.0 Å². The van der Waals surface area contributed by atoms with Crippen LogP contribution in [0.2, 0.25) is 0 Å². The highest BCUT2D eigenvalue weighted by Gasteiger charge is 2.18. The lowest BCUT2D eigenvalue weighted by atomic mass is 10.1. The molecular weight excluding hydrogens is 300 g/mol. The van der Waals surface area contributed by atoms with Gasteiger partial charge in [-0.15, -0.1) is 5.10 Å². The third-order valence-corrected chi connectivity index (χ3v) is 3.68. The lowest BCUT2D eigenvalue weighted by Gasteiger charge is -2.11. The Balaban J connectivity index is 2.24. The van der Waals surface area contributed by atoms with Crippen LogP contribution in [0.1, 0.15) is 18.2 Å². The number of nitrogens with zero attached hydrogens (tertiary/aromatic N) is 3. The lowest BCUT2D eigenvalue weighted by Crippen LogP contribution is -2.04. The van der Waals surface area contributed by atoms with Crippen LogP contribution in [0.15, 0.2) is 42.5 Å².